The predicted octanol–water partition coefficient (Wildman–Crippen LogP) is 2.88. The third kappa shape index (κ3) is 2.67. The maximum absolute atomic E-state index is 12.7. The third-order valence-corrected chi connectivity index (χ3v) is 5.36. The fraction of sp³-hybridized carbons (Fsp3) is 0.562. The fourth-order valence-electron chi connectivity index (χ4n) is 3.34. The van der Waals surface area contributed by atoms with Crippen molar-refractivity contribution in [2.24, 2.45) is 0 Å². The van der Waals surface area contributed by atoms with Crippen LogP contribution < -0.4 is 0 Å². The Balaban J connectivity index is 1.77. The Bertz CT molecular complexity index is 662. The second kappa shape index (κ2) is 6.20. The molecular weight excluding hydrogens is 296 g/mol. The van der Waals surface area contributed by atoms with Crippen molar-refractivity contribution in [2.45, 2.75) is 52.6 Å². The van der Waals surface area contributed by atoms with Crippen molar-refractivity contribution in [3.05, 3.63) is 33.5 Å². The first-order chi connectivity index (χ1) is 10.6. The van der Waals surface area contributed by atoms with Crippen molar-refractivity contribution >= 4 is 17.2 Å². The highest BCUT2D eigenvalue weighted by Crippen LogP contribution is 2.33. The molecule has 118 valence electrons. The molecule has 0 aliphatic carbocycles. The summed E-state index contributed by atoms with van der Waals surface area (Å²) in [6.07, 6.45) is 4.83. The number of carbonyl (C=O) groups is 1. The van der Waals surface area contributed by atoms with Crippen molar-refractivity contribution < 1.29 is 4.79 Å². The van der Waals surface area contributed by atoms with E-state index in [9.17, 15) is 4.79 Å². The molecule has 1 aliphatic rings. The topological polar surface area (TPSA) is 51.0 Å². The van der Waals surface area contributed by atoms with Crippen molar-refractivity contribution in [1.29, 1.82) is 0 Å². The number of nitrogens with zero attached hydrogens (tertiary/aromatic N) is 4. The van der Waals surface area contributed by atoms with Gasteiger partial charge in [0.25, 0.3) is 0 Å². The summed E-state index contributed by atoms with van der Waals surface area (Å²) in [5.74, 6) is 0.144. The number of amides is 1. The van der Waals surface area contributed by atoms with Crippen molar-refractivity contribution in [2.75, 3.05) is 6.54 Å². The van der Waals surface area contributed by atoms with Crippen LogP contribution in [-0.4, -0.2) is 32.1 Å². The lowest BCUT2D eigenvalue weighted by Crippen LogP contribution is -2.34. The smallest absolute Gasteiger partial charge is 0.244 e. The number of aromatic nitrogens is 3. The molecule has 0 aromatic carbocycles. The van der Waals surface area contributed by atoms with E-state index in [1.165, 1.54) is 5.56 Å². The second-order valence-corrected chi connectivity index (χ2v) is 6.70. The lowest BCUT2D eigenvalue weighted by Gasteiger charge is -2.23. The maximum Gasteiger partial charge on any atom is 0.244 e. The van der Waals surface area contributed by atoms with Crippen LogP contribution in [0.2, 0.25) is 0 Å². The lowest BCUT2D eigenvalue weighted by atomic mass is 10.1. The van der Waals surface area contributed by atoms with Gasteiger partial charge in [0.15, 0.2) is 0 Å². The first kappa shape index (κ1) is 15.2. The predicted molar refractivity (Wildman–Crippen MR) is 86.9 cm³/mol. The summed E-state index contributed by atoms with van der Waals surface area (Å²) in [4.78, 5) is 19.1. The molecular formula is C16H22N4OS. The van der Waals surface area contributed by atoms with Crippen LogP contribution in [0.15, 0.2) is 11.6 Å². The number of carbonyl (C=O) groups excluding carboxylic acids is 1. The van der Waals surface area contributed by atoms with E-state index in [0.717, 1.165) is 42.2 Å². The third-order valence-electron chi connectivity index (χ3n) is 4.48. The Morgan fingerprint density at radius 3 is 2.91 bits per heavy atom. The Hall–Kier alpha value is -1.69. The van der Waals surface area contributed by atoms with Crippen LogP contribution in [0.25, 0.3) is 0 Å². The number of thiazole rings is 1. The molecule has 0 spiro atoms. The van der Waals surface area contributed by atoms with Crippen LogP contribution in [0, 0.1) is 13.8 Å². The summed E-state index contributed by atoms with van der Waals surface area (Å²) in [5.41, 5.74) is 3.40. The van der Waals surface area contributed by atoms with Gasteiger partial charge < -0.3 is 4.90 Å². The summed E-state index contributed by atoms with van der Waals surface area (Å²) in [7, 11) is 0. The van der Waals surface area contributed by atoms with Crippen LogP contribution in [0.1, 0.15) is 47.8 Å². The van der Waals surface area contributed by atoms with Crippen LogP contribution in [0.3, 0.4) is 0 Å². The minimum atomic E-state index is 0.144. The molecule has 1 saturated heterocycles. The van der Waals surface area contributed by atoms with Gasteiger partial charge in [0.05, 0.1) is 11.7 Å². The maximum atomic E-state index is 12.7. The monoisotopic (exact) mass is 318 g/mol. The minimum absolute atomic E-state index is 0.144. The lowest BCUT2D eigenvalue weighted by molar-refractivity contribution is -0.133. The van der Waals surface area contributed by atoms with Crippen LogP contribution in [-0.2, 0) is 17.8 Å². The molecule has 1 amide bonds. The normalized spacial score (nSPS) is 18.1. The molecule has 6 heteroatoms. The van der Waals surface area contributed by atoms with Gasteiger partial charge in [0.2, 0.25) is 5.91 Å². The molecule has 0 radical (unpaired) electrons. The molecule has 3 rings (SSSR count). The molecule has 2 aromatic heterocycles. The van der Waals surface area contributed by atoms with Crippen LogP contribution in [0.5, 0.6) is 0 Å². The summed E-state index contributed by atoms with van der Waals surface area (Å²) in [6.45, 7) is 7.34. The molecule has 1 atom stereocenters. The molecule has 0 N–H and O–H groups in total. The van der Waals surface area contributed by atoms with E-state index in [4.69, 9.17) is 0 Å². The minimum Gasteiger partial charge on any atom is -0.332 e. The number of likely N-dealkylation sites (tertiary alicyclic amines) is 1. The zero-order chi connectivity index (χ0) is 15.7. The van der Waals surface area contributed by atoms with Gasteiger partial charge in [-0.05, 0) is 38.7 Å². The molecule has 0 saturated carbocycles. The molecule has 2 aromatic rings. The Morgan fingerprint density at radius 1 is 1.45 bits per heavy atom. The van der Waals surface area contributed by atoms with E-state index >= 15 is 0 Å². The quantitative estimate of drug-likeness (QED) is 0.871. The van der Waals surface area contributed by atoms with Gasteiger partial charge in [-0.2, -0.15) is 5.10 Å². The standard InChI is InChI=1S/C16H22N4OS/c1-4-13-11(2)18-20(12(13)3)10-15(21)19-8-5-6-14(19)16-17-7-9-22-16/h7,9,14H,4-6,8,10H2,1-3H3/t14-/m0/s1. The second-order valence-electron chi connectivity index (χ2n) is 5.78. The van der Waals surface area contributed by atoms with Gasteiger partial charge in [0.1, 0.15) is 11.6 Å². The van der Waals surface area contributed by atoms with E-state index in [1.807, 2.05) is 28.1 Å². The molecule has 0 unspecified atom stereocenters. The first-order valence-electron chi connectivity index (χ1n) is 7.83. The van der Waals surface area contributed by atoms with Crippen LogP contribution in [0.4, 0.5) is 0 Å². The van der Waals surface area contributed by atoms with Gasteiger partial charge in [-0.25, -0.2) is 4.98 Å². The van der Waals surface area contributed by atoms with E-state index in [1.54, 1.807) is 11.3 Å². The summed E-state index contributed by atoms with van der Waals surface area (Å²) < 4.78 is 1.85. The summed E-state index contributed by atoms with van der Waals surface area (Å²) in [5, 5.41) is 7.56. The largest absolute Gasteiger partial charge is 0.332 e. The van der Waals surface area contributed by atoms with Crippen molar-refractivity contribution in [3.8, 4) is 0 Å². The summed E-state index contributed by atoms with van der Waals surface area (Å²) >= 11 is 1.63. The van der Waals surface area contributed by atoms with E-state index in [-0.39, 0.29) is 11.9 Å². The van der Waals surface area contributed by atoms with E-state index < -0.39 is 0 Å². The highest BCUT2D eigenvalue weighted by atomic mass is 32.1. The number of hydrogen-bond donors (Lipinski definition) is 0. The molecule has 1 aliphatic heterocycles. The number of rotatable bonds is 4. The number of aryl methyl sites for hydroxylation is 1. The number of hydrogen-bond acceptors (Lipinski definition) is 4. The van der Waals surface area contributed by atoms with Gasteiger partial charge in [0, 0.05) is 23.8 Å². The van der Waals surface area contributed by atoms with Gasteiger partial charge in [-0.1, -0.05) is 6.92 Å². The molecule has 0 bridgehead atoms. The average molecular weight is 318 g/mol. The zero-order valence-electron chi connectivity index (χ0n) is 13.4. The van der Waals surface area contributed by atoms with Crippen molar-refractivity contribution in [3.63, 3.8) is 0 Å². The molecule has 1 fully saturated rings. The SMILES string of the molecule is CCc1c(C)nn(CC(=O)N2CCC[C@H]2c2nccs2)c1C. The van der Waals surface area contributed by atoms with E-state index in [0.29, 0.717) is 6.54 Å². The highest BCUT2D eigenvalue weighted by Gasteiger charge is 2.31. The first-order valence-corrected chi connectivity index (χ1v) is 8.71. The van der Waals surface area contributed by atoms with Gasteiger partial charge >= 0.3 is 0 Å². The zero-order valence-corrected chi connectivity index (χ0v) is 14.2. The molecule has 5 nitrogen and oxygen atoms in total. The van der Waals surface area contributed by atoms with E-state index in [2.05, 4.69) is 23.9 Å². The molecule has 3 heterocycles. The van der Waals surface area contributed by atoms with Crippen LogP contribution >= 0.6 is 11.3 Å². The Labute approximate surface area is 135 Å². The fourth-order valence-corrected chi connectivity index (χ4v) is 4.12. The van der Waals surface area contributed by atoms with Crippen molar-refractivity contribution in [1.82, 2.24) is 19.7 Å². The van der Waals surface area contributed by atoms with Gasteiger partial charge in [-0.15, -0.1) is 11.3 Å². The highest BCUT2D eigenvalue weighted by molar-refractivity contribution is 7.09. The van der Waals surface area contributed by atoms with Gasteiger partial charge in [-0.3, -0.25) is 9.48 Å². The average Bonchev–Trinajstić information content (AvgIpc) is 3.20. The Kier molecular flexibility index (Phi) is 4.29. The molecule has 22 heavy (non-hydrogen) atoms. The Morgan fingerprint density at radius 2 is 2.27 bits per heavy atom. The summed E-state index contributed by atoms with van der Waals surface area (Å²) in [6, 6.07) is 0.148.